The summed E-state index contributed by atoms with van der Waals surface area (Å²) in [6, 6.07) is 2.11. The Hall–Kier alpha value is -1.51. The zero-order chi connectivity index (χ0) is 22.4. The van der Waals surface area contributed by atoms with Gasteiger partial charge in [0.15, 0.2) is 0 Å². The summed E-state index contributed by atoms with van der Waals surface area (Å²) < 4.78 is 45.4. The number of aromatic nitrogens is 1. The van der Waals surface area contributed by atoms with Crippen LogP contribution >= 0.6 is 0 Å². The number of pyridine rings is 1. The number of hydrogen-bond donors (Lipinski definition) is 0. The quantitative estimate of drug-likeness (QED) is 0.688. The highest BCUT2D eigenvalue weighted by Gasteiger charge is 2.43. The van der Waals surface area contributed by atoms with Crippen LogP contribution in [0.15, 0.2) is 18.3 Å². The van der Waals surface area contributed by atoms with Gasteiger partial charge >= 0.3 is 0 Å². The van der Waals surface area contributed by atoms with E-state index >= 15 is 0 Å². The van der Waals surface area contributed by atoms with E-state index in [0.717, 1.165) is 49.4 Å². The minimum Gasteiger partial charge on any atom is -0.485 e. The normalized spacial score (nSPS) is 26.4. The summed E-state index contributed by atoms with van der Waals surface area (Å²) in [5, 5.41) is 0. The van der Waals surface area contributed by atoms with Crippen molar-refractivity contribution in [2.45, 2.75) is 57.7 Å². The first-order valence-electron chi connectivity index (χ1n) is 11.2. The zero-order valence-corrected chi connectivity index (χ0v) is 19.8. The average molecular weight is 452 g/mol. The smallest absolute Gasteiger partial charge is 0.211 e. The van der Waals surface area contributed by atoms with E-state index in [2.05, 4.69) is 22.9 Å². The second kappa shape index (κ2) is 8.12. The van der Waals surface area contributed by atoms with Gasteiger partial charge in [-0.05, 0) is 64.8 Å². The van der Waals surface area contributed by atoms with Gasteiger partial charge in [-0.1, -0.05) is 6.08 Å². The summed E-state index contributed by atoms with van der Waals surface area (Å²) in [6.45, 7) is 8.65. The molecule has 1 fully saturated rings. The van der Waals surface area contributed by atoms with Crippen LogP contribution in [0.2, 0.25) is 0 Å². The number of nitrogens with zero attached hydrogens (tertiary/aromatic N) is 3. The third-order valence-electron chi connectivity index (χ3n) is 6.85. The number of halogens is 1. The molecule has 3 aliphatic heterocycles. The van der Waals surface area contributed by atoms with Crippen LogP contribution in [0.3, 0.4) is 0 Å². The highest BCUT2D eigenvalue weighted by Crippen LogP contribution is 2.43. The Morgan fingerprint density at radius 2 is 2.00 bits per heavy atom. The van der Waals surface area contributed by atoms with Crippen molar-refractivity contribution >= 4 is 15.6 Å². The van der Waals surface area contributed by atoms with E-state index in [1.165, 1.54) is 16.1 Å². The summed E-state index contributed by atoms with van der Waals surface area (Å²) in [5.74, 6) is 1.28. The molecule has 0 N–H and O–H groups in total. The summed E-state index contributed by atoms with van der Waals surface area (Å²) in [4.78, 5) is 6.83. The first kappa shape index (κ1) is 22.7. The fourth-order valence-corrected chi connectivity index (χ4v) is 5.97. The lowest BCUT2D eigenvalue weighted by Crippen LogP contribution is -2.48. The van der Waals surface area contributed by atoms with Gasteiger partial charge in [0.05, 0.1) is 18.1 Å². The number of ether oxygens (including phenoxy) is 1. The molecule has 4 rings (SSSR count). The van der Waals surface area contributed by atoms with Gasteiger partial charge in [0.2, 0.25) is 10.0 Å². The third kappa shape index (κ3) is 5.12. The van der Waals surface area contributed by atoms with E-state index in [4.69, 9.17) is 4.74 Å². The van der Waals surface area contributed by atoms with Gasteiger partial charge in [-0.2, -0.15) is 4.31 Å². The maximum absolute atomic E-state index is 14.0. The first-order valence-corrected chi connectivity index (χ1v) is 13.0. The van der Waals surface area contributed by atoms with Gasteiger partial charge in [-0.25, -0.2) is 12.8 Å². The Balaban J connectivity index is 1.41. The lowest BCUT2D eigenvalue weighted by Gasteiger charge is -2.41. The van der Waals surface area contributed by atoms with E-state index in [1.54, 1.807) is 13.8 Å². The molecule has 0 aliphatic carbocycles. The van der Waals surface area contributed by atoms with Crippen molar-refractivity contribution in [3.05, 3.63) is 29.6 Å². The first-order chi connectivity index (χ1) is 14.4. The van der Waals surface area contributed by atoms with Crippen molar-refractivity contribution in [2.24, 2.45) is 5.92 Å². The molecule has 3 aliphatic rings. The van der Waals surface area contributed by atoms with Crippen LogP contribution in [-0.2, 0) is 16.4 Å². The Labute approximate surface area is 185 Å². The van der Waals surface area contributed by atoms with Crippen molar-refractivity contribution < 1.29 is 17.5 Å². The Bertz CT molecular complexity index is 965. The molecule has 6 nitrogen and oxygen atoms in total. The molecule has 8 heteroatoms. The number of alkyl halides is 1. The number of rotatable bonds is 5. The molecule has 0 bridgehead atoms. The van der Waals surface area contributed by atoms with E-state index < -0.39 is 15.7 Å². The fourth-order valence-electron chi connectivity index (χ4n) is 5.20. The highest BCUT2D eigenvalue weighted by atomic mass is 32.2. The van der Waals surface area contributed by atoms with Gasteiger partial charge < -0.3 is 9.64 Å². The van der Waals surface area contributed by atoms with E-state index in [0.29, 0.717) is 32.0 Å². The molecule has 0 saturated carbocycles. The third-order valence-corrected chi connectivity index (χ3v) is 8.12. The predicted octanol–water partition coefficient (Wildman–Crippen LogP) is 3.28. The molecule has 4 heterocycles. The molecule has 31 heavy (non-hydrogen) atoms. The summed E-state index contributed by atoms with van der Waals surface area (Å²) in [7, 11) is -3.16. The van der Waals surface area contributed by atoms with Gasteiger partial charge in [0, 0.05) is 37.5 Å². The molecular formula is C23H34FN3O3S. The van der Waals surface area contributed by atoms with Crippen molar-refractivity contribution in [1.29, 1.82) is 0 Å². The number of hydrogen-bond acceptors (Lipinski definition) is 5. The predicted molar refractivity (Wildman–Crippen MR) is 120 cm³/mol. The van der Waals surface area contributed by atoms with Crippen molar-refractivity contribution in [3.8, 4) is 5.75 Å². The molecule has 1 aromatic heterocycles. The second-order valence-corrected chi connectivity index (χ2v) is 12.1. The van der Waals surface area contributed by atoms with Gasteiger partial charge in [-0.3, -0.25) is 4.98 Å². The SMILES string of the molecule is CC(C)(F)CN1CCC([C@@]2(C)Cc3cc(C4=CCN(S(C)(=O)=O)CC4)ncc3O2)CC1. The number of fused-ring (bicyclic) bond motifs is 1. The zero-order valence-electron chi connectivity index (χ0n) is 19.0. The molecule has 0 aromatic carbocycles. The van der Waals surface area contributed by atoms with E-state index in [1.807, 2.05) is 12.3 Å². The standard InChI is InChI=1S/C23H34FN3O3S/c1-22(2,24)16-26-9-7-19(8-10-26)23(3)14-18-13-20(25-15-21(18)30-23)17-5-11-27(12-6-17)31(4,28)29/h5,13,15,19H,6-12,14,16H2,1-4H3/t23-/m1/s1. The lowest BCUT2D eigenvalue weighted by molar-refractivity contribution is 0.00235. The molecule has 1 aromatic rings. The fraction of sp³-hybridized carbons (Fsp3) is 0.696. The highest BCUT2D eigenvalue weighted by molar-refractivity contribution is 7.88. The van der Waals surface area contributed by atoms with Crippen LogP contribution in [0.25, 0.3) is 5.57 Å². The number of likely N-dealkylation sites (tertiary alicyclic amines) is 1. The minimum atomic E-state index is -3.16. The number of piperidine rings is 1. The van der Waals surface area contributed by atoms with Gasteiger partial charge in [0.25, 0.3) is 0 Å². The molecule has 1 atom stereocenters. The lowest BCUT2D eigenvalue weighted by atomic mass is 9.79. The molecule has 0 amide bonds. The largest absolute Gasteiger partial charge is 0.485 e. The van der Waals surface area contributed by atoms with E-state index in [9.17, 15) is 12.8 Å². The van der Waals surface area contributed by atoms with Crippen molar-refractivity contribution in [3.63, 3.8) is 0 Å². The average Bonchev–Trinajstić information content (AvgIpc) is 3.03. The Morgan fingerprint density at radius 1 is 1.29 bits per heavy atom. The maximum Gasteiger partial charge on any atom is 0.211 e. The Morgan fingerprint density at radius 3 is 2.58 bits per heavy atom. The molecule has 0 radical (unpaired) electrons. The summed E-state index contributed by atoms with van der Waals surface area (Å²) in [6.07, 6.45) is 8.57. The maximum atomic E-state index is 14.0. The van der Waals surface area contributed by atoms with Crippen LogP contribution in [-0.4, -0.2) is 72.9 Å². The van der Waals surface area contributed by atoms with Crippen LogP contribution in [0.5, 0.6) is 5.75 Å². The topological polar surface area (TPSA) is 62.7 Å². The summed E-state index contributed by atoms with van der Waals surface area (Å²) in [5.41, 5.74) is 1.77. The van der Waals surface area contributed by atoms with Crippen LogP contribution in [0.1, 0.15) is 51.3 Å². The molecule has 0 spiro atoms. The molecular weight excluding hydrogens is 417 g/mol. The minimum absolute atomic E-state index is 0.256. The van der Waals surface area contributed by atoms with Gasteiger partial charge in [0.1, 0.15) is 17.0 Å². The van der Waals surface area contributed by atoms with Gasteiger partial charge in [-0.15, -0.1) is 0 Å². The van der Waals surface area contributed by atoms with Crippen LogP contribution in [0.4, 0.5) is 4.39 Å². The second-order valence-electron chi connectivity index (χ2n) is 10.1. The summed E-state index contributed by atoms with van der Waals surface area (Å²) >= 11 is 0. The monoisotopic (exact) mass is 451 g/mol. The van der Waals surface area contributed by atoms with Crippen molar-refractivity contribution in [2.75, 3.05) is 39.0 Å². The van der Waals surface area contributed by atoms with Crippen molar-refractivity contribution in [1.82, 2.24) is 14.2 Å². The molecule has 1 saturated heterocycles. The van der Waals surface area contributed by atoms with Crippen LogP contribution in [0, 0.1) is 5.92 Å². The molecule has 172 valence electrons. The van der Waals surface area contributed by atoms with E-state index in [-0.39, 0.29) is 5.60 Å². The Kier molecular flexibility index (Phi) is 5.94. The number of sulfonamides is 1. The molecule has 0 unspecified atom stereocenters. The van der Waals surface area contributed by atoms with Crippen LogP contribution < -0.4 is 4.74 Å².